The minimum atomic E-state index is 0.150. The van der Waals surface area contributed by atoms with Crippen molar-refractivity contribution in [2.45, 2.75) is 12.8 Å². The number of amides is 1. The highest BCUT2D eigenvalue weighted by atomic mass is 16.5. The topological polar surface area (TPSA) is 53.6 Å². The van der Waals surface area contributed by atoms with Gasteiger partial charge in [0.25, 0.3) is 0 Å². The molecule has 0 aromatic heterocycles. The molecule has 0 aliphatic carbocycles. The molecule has 2 rings (SSSR count). The molecule has 1 atom stereocenters. The molecule has 1 amide bonds. The first-order valence-electron chi connectivity index (χ1n) is 6.62. The molecule has 2 heterocycles. The van der Waals surface area contributed by atoms with Crippen LogP contribution in [0.15, 0.2) is 0 Å². The zero-order valence-corrected chi connectivity index (χ0v) is 10.4. The highest BCUT2D eigenvalue weighted by Gasteiger charge is 2.16. The molecule has 2 aliphatic rings. The van der Waals surface area contributed by atoms with Crippen LogP contribution in [0.5, 0.6) is 0 Å². The fourth-order valence-electron chi connectivity index (χ4n) is 2.35. The van der Waals surface area contributed by atoms with E-state index in [2.05, 4.69) is 15.5 Å². The number of hydrogen-bond acceptors (Lipinski definition) is 4. The van der Waals surface area contributed by atoms with Crippen LogP contribution in [0.25, 0.3) is 0 Å². The maximum absolute atomic E-state index is 11.7. The predicted molar refractivity (Wildman–Crippen MR) is 65.9 cm³/mol. The average molecular weight is 241 g/mol. The Morgan fingerprint density at radius 2 is 2.24 bits per heavy atom. The van der Waals surface area contributed by atoms with Crippen molar-refractivity contribution in [3.63, 3.8) is 0 Å². The van der Waals surface area contributed by atoms with Crippen LogP contribution in [-0.4, -0.2) is 63.3 Å². The van der Waals surface area contributed by atoms with E-state index in [4.69, 9.17) is 4.74 Å². The lowest BCUT2D eigenvalue weighted by atomic mass is 10.0. The molecule has 0 aromatic rings. The summed E-state index contributed by atoms with van der Waals surface area (Å²) >= 11 is 0. The van der Waals surface area contributed by atoms with Gasteiger partial charge in [-0.15, -0.1) is 0 Å². The van der Waals surface area contributed by atoms with Crippen molar-refractivity contribution >= 4 is 5.91 Å². The fourth-order valence-corrected chi connectivity index (χ4v) is 2.35. The molecule has 2 fully saturated rings. The van der Waals surface area contributed by atoms with Crippen molar-refractivity contribution in [3.8, 4) is 0 Å². The molecule has 5 heteroatoms. The van der Waals surface area contributed by atoms with Crippen LogP contribution in [0.2, 0.25) is 0 Å². The van der Waals surface area contributed by atoms with Crippen LogP contribution in [0.3, 0.4) is 0 Å². The van der Waals surface area contributed by atoms with E-state index in [0.29, 0.717) is 12.5 Å². The number of nitrogens with one attached hydrogen (secondary N) is 2. The lowest BCUT2D eigenvalue weighted by Gasteiger charge is -2.27. The molecule has 1 unspecified atom stereocenters. The second-order valence-electron chi connectivity index (χ2n) is 4.91. The van der Waals surface area contributed by atoms with Gasteiger partial charge in [0, 0.05) is 39.3 Å². The van der Waals surface area contributed by atoms with E-state index >= 15 is 0 Å². The first-order chi connectivity index (χ1) is 8.34. The van der Waals surface area contributed by atoms with Gasteiger partial charge in [0.15, 0.2) is 0 Å². The summed E-state index contributed by atoms with van der Waals surface area (Å²) in [6.45, 7) is 6.91. The van der Waals surface area contributed by atoms with E-state index in [1.54, 1.807) is 0 Å². The molecule has 2 saturated heterocycles. The molecule has 0 spiro atoms. The highest BCUT2D eigenvalue weighted by molar-refractivity contribution is 5.78. The standard InChI is InChI=1S/C12H23N3O2/c16-12(9-15-5-3-13-4-6-15)14-8-11-2-1-7-17-10-11/h11,13H,1-10H2,(H,14,16). The van der Waals surface area contributed by atoms with Gasteiger partial charge in [-0.2, -0.15) is 0 Å². The lowest BCUT2D eigenvalue weighted by molar-refractivity contribution is -0.122. The minimum absolute atomic E-state index is 0.150. The zero-order valence-electron chi connectivity index (χ0n) is 10.4. The van der Waals surface area contributed by atoms with Crippen LogP contribution < -0.4 is 10.6 Å². The first-order valence-corrected chi connectivity index (χ1v) is 6.62. The van der Waals surface area contributed by atoms with Crippen molar-refractivity contribution in [3.05, 3.63) is 0 Å². The van der Waals surface area contributed by atoms with E-state index in [-0.39, 0.29) is 5.91 Å². The van der Waals surface area contributed by atoms with Gasteiger partial charge >= 0.3 is 0 Å². The molecule has 2 aliphatic heterocycles. The fraction of sp³-hybridized carbons (Fsp3) is 0.917. The normalized spacial score (nSPS) is 26.7. The Morgan fingerprint density at radius 3 is 2.94 bits per heavy atom. The molecule has 0 saturated carbocycles. The number of ether oxygens (including phenoxy) is 1. The third-order valence-corrected chi connectivity index (χ3v) is 3.42. The minimum Gasteiger partial charge on any atom is -0.381 e. The quantitative estimate of drug-likeness (QED) is 0.692. The molecule has 5 nitrogen and oxygen atoms in total. The molecule has 0 aromatic carbocycles. The summed E-state index contributed by atoms with van der Waals surface area (Å²) in [5.74, 6) is 0.660. The van der Waals surface area contributed by atoms with Crippen molar-refractivity contribution in [2.24, 2.45) is 5.92 Å². The Labute approximate surface area is 103 Å². The molecular formula is C12H23N3O2. The van der Waals surface area contributed by atoms with Crippen LogP contribution in [-0.2, 0) is 9.53 Å². The molecule has 0 bridgehead atoms. The van der Waals surface area contributed by atoms with Crippen LogP contribution in [0.1, 0.15) is 12.8 Å². The maximum atomic E-state index is 11.7. The molecule has 98 valence electrons. The Balaban J connectivity index is 1.59. The summed E-state index contributed by atoms with van der Waals surface area (Å²) < 4.78 is 5.39. The van der Waals surface area contributed by atoms with Crippen LogP contribution in [0, 0.1) is 5.92 Å². The van der Waals surface area contributed by atoms with Crippen LogP contribution in [0.4, 0.5) is 0 Å². The second-order valence-corrected chi connectivity index (χ2v) is 4.91. The van der Waals surface area contributed by atoms with Gasteiger partial charge in [-0.25, -0.2) is 0 Å². The Bertz CT molecular complexity index is 236. The Hall–Kier alpha value is -0.650. The lowest BCUT2D eigenvalue weighted by Crippen LogP contribution is -2.48. The third kappa shape index (κ3) is 4.61. The smallest absolute Gasteiger partial charge is 0.234 e. The number of nitrogens with zero attached hydrogens (tertiary/aromatic N) is 1. The van der Waals surface area contributed by atoms with E-state index in [0.717, 1.165) is 52.4 Å². The van der Waals surface area contributed by atoms with E-state index < -0.39 is 0 Å². The van der Waals surface area contributed by atoms with Crippen molar-refractivity contribution < 1.29 is 9.53 Å². The van der Waals surface area contributed by atoms with Gasteiger partial charge in [-0.05, 0) is 18.8 Å². The SMILES string of the molecule is O=C(CN1CCNCC1)NCC1CCCOC1. The third-order valence-electron chi connectivity index (χ3n) is 3.42. The summed E-state index contributed by atoms with van der Waals surface area (Å²) in [5.41, 5.74) is 0. The summed E-state index contributed by atoms with van der Waals surface area (Å²) in [5, 5.41) is 6.30. The Morgan fingerprint density at radius 1 is 1.41 bits per heavy atom. The number of carbonyl (C=O) groups excluding carboxylic acids is 1. The van der Waals surface area contributed by atoms with Gasteiger partial charge in [-0.1, -0.05) is 0 Å². The number of carbonyl (C=O) groups is 1. The largest absolute Gasteiger partial charge is 0.381 e. The molecule has 0 radical (unpaired) electrons. The van der Waals surface area contributed by atoms with Gasteiger partial charge in [0.2, 0.25) is 5.91 Å². The second kappa shape index (κ2) is 6.93. The predicted octanol–water partition coefficient (Wildman–Crippen LogP) is -0.566. The van der Waals surface area contributed by atoms with E-state index in [1.165, 1.54) is 6.42 Å². The van der Waals surface area contributed by atoms with Crippen LogP contribution >= 0.6 is 0 Å². The molecule has 2 N–H and O–H groups in total. The Kier molecular flexibility index (Phi) is 5.22. The van der Waals surface area contributed by atoms with Gasteiger partial charge in [-0.3, -0.25) is 9.69 Å². The average Bonchev–Trinajstić information content (AvgIpc) is 2.39. The summed E-state index contributed by atoms with van der Waals surface area (Å²) in [6.07, 6.45) is 2.30. The molecule has 17 heavy (non-hydrogen) atoms. The number of piperazine rings is 1. The maximum Gasteiger partial charge on any atom is 0.234 e. The van der Waals surface area contributed by atoms with Gasteiger partial charge < -0.3 is 15.4 Å². The van der Waals surface area contributed by atoms with Gasteiger partial charge in [0.1, 0.15) is 0 Å². The highest BCUT2D eigenvalue weighted by Crippen LogP contribution is 2.11. The number of rotatable bonds is 4. The summed E-state index contributed by atoms with van der Waals surface area (Å²) in [6, 6.07) is 0. The summed E-state index contributed by atoms with van der Waals surface area (Å²) in [7, 11) is 0. The first kappa shape index (κ1) is 12.8. The monoisotopic (exact) mass is 241 g/mol. The van der Waals surface area contributed by atoms with E-state index in [9.17, 15) is 4.79 Å². The van der Waals surface area contributed by atoms with Crippen molar-refractivity contribution in [2.75, 3.05) is 52.5 Å². The molecular weight excluding hydrogens is 218 g/mol. The van der Waals surface area contributed by atoms with Crippen molar-refractivity contribution in [1.29, 1.82) is 0 Å². The number of hydrogen-bond donors (Lipinski definition) is 2. The van der Waals surface area contributed by atoms with E-state index in [1.807, 2.05) is 0 Å². The van der Waals surface area contributed by atoms with Gasteiger partial charge in [0.05, 0.1) is 13.2 Å². The summed E-state index contributed by atoms with van der Waals surface area (Å²) in [4.78, 5) is 13.9. The zero-order chi connectivity index (χ0) is 11.9. The van der Waals surface area contributed by atoms with Crippen molar-refractivity contribution in [1.82, 2.24) is 15.5 Å².